The highest BCUT2D eigenvalue weighted by atomic mass is 16.5. The Morgan fingerprint density at radius 1 is 0.828 bits per heavy atom. The molecule has 150 valence electrons. The van der Waals surface area contributed by atoms with Crippen LogP contribution in [0.4, 0.5) is 5.82 Å². The van der Waals surface area contributed by atoms with Gasteiger partial charge in [0.15, 0.2) is 0 Å². The van der Waals surface area contributed by atoms with Gasteiger partial charge in [-0.25, -0.2) is 9.78 Å². The van der Waals surface area contributed by atoms with Crippen LogP contribution >= 0.6 is 0 Å². The van der Waals surface area contributed by atoms with Crippen molar-refractivity contribution in [3.63, 3.8) is 0 Å². The predicted molar refractivity (Wildman–Crippen MR) is 111 cm³/mol. The third-order valence-corrected chi connectivity index (χ3v) is 4.56. The van der Waals surface area contributed by atoms with Gasteiger partial charge in [0.1, 0.15) is 17.3 Å². The van der Waals surface area contributed by atoms with Gasteiger partial charge in [0.2, 0.25) is 0 Å². The highest BCUT2D eigenvalue weighted by molar-refractivity contribution is 5.90. The van der Waals surface area contributed by atoms with Gasteiger partial charge in [0.05, 0.1) is 26.9 Å². The molecule has 0 aliphatic heterocycles. The Bertz CT molecular complexity index is 890. The van der Waals surface area contributed by atoms with Crippen LogP contribution in [0.5, 0.6) is 11.5 Å². The summed E-state index contributed by atoms with van der Waals surface area (Å²) in [6.45, 7) is 1.24. The highest BCUT2D eigenvalue weighted by Gasteiger charge is 2.14. The molecular formula is C23H24N2O4. The number of anilines is 1. The standard InChI is InChI=1S/C23H24N2O4/c1-27-20-8-4-17(5-9-20)15-25(16-18-6-10-21(28-2)11-7-18)22-14-19(12-13-24-22)23(26)29-3/h4-14H,15-16H2,1-3H3. The maximum Gasteiger partial charge on any atom is 0.338 e. The van der Waals surface area contributed by atoms with E-state index in [2.05, 4.69) is 9.88 Å². The highest BCUT2D eigenvalue weighted by Crippen LogP contribution is 2.22. The van der Waals surface area contributed by atoms with Crippen molar-refractivity contribution in [2.45, 2.75) is 13.1 Å². The van der Waals surface area contributed by atoms with Gasteiger partial charge < -0.3 is 19.1 Å². The molecule has 3 aromatic rings. The van der Waals surface area contributed by atoms with Crippen molar-refractivity contribution < 1.29 is 19.0 Å². The van der Waals surface area contributed by atoms with Crippen molar-refractivity contribution in [1.82, 2.24) is 4.98 Å². The molecule has 0 radical (unpaired) electrons. The fraction of sp³-hybridized carbons (Fsp3) is 0.217. The molecule has 6 heteroatoms. The van der Waals surface area contributed by atoms with Gasteiger partial charge in [-0.05, 0) is 47.5 Å². The Morgan fingerprint density at radius 3 is 1.79 bits per heavy atom. The van der Waals surface area contributed by atoms with E-state index in [4.69, 9.17) is 14.2 Å². The van der Waals surface area contributed by atoms with Crippen LogP contribution in [0.15, 0.2) is 66.9 Å². The topological polar surface area (TPSA) is 60.9 Å². The fourth-order valence-corrected chi connectivity index (χ4v) is 2.96. The van der Waals surface area contributed by atoms with Crippen molar-refractivity contribution in [1.29, 1.82) is 0 Å². The molecule has 0 unspecified atom stereocenters. The normalized spacial score (nSPS) is 10.3. The average Bonchev–Trinajstić information content (AvgIpc) is 2.79. The second kappa shape index (κ2) is 9.59. The van der Waals surface area contributed by atoms with Crippen molar-refractivity contribution in [3.8, 4) is 11.5 Å². The minimum Gasteiger partial charge on any atom is -0.497 e. The van der Waals surface area contributed by atoms with Gasteiger partial charge in [-0.2, -0.15) is 0 Å². The minimum absolute atomic E-state index is 0.387. The lowest BCUT2D eigenvalue weighted by atomic mass is 10.1. The van der Waals surface area contributed by atoms with Gasteiger partial charge in [-0.15, -0.1) is 0 Å². The Labute approximate surface area is 170 Å². The number of carbonyl (C=O) groups excluding carboxylic acids is 1. The Kier molecular flexibility index (Phi) is 6.68. The summed E-state index contributed by atoms with van der Waals surface area (Å²) in [5.74, 6) is 1.92. The molecule has 1 heterocycles. The summed E-state index contributed by atoms with van der Waals surface area (Å²) in [5.41, 5.74) is 2.67. The first kappa shape index (κ1) is 20.2. The van der Waals surface area contributed by atoms with Crippen LogP contribution in [0.2, 0.25) is 0 Å². The number of hydrogen-bond acceptors (Lipinski definition) is 6. The number of rotatable bonds is 8. The van der Waals surface area contributed by atoms with Gasteiger partial charge >= 0.3 is 5.97 Å². The molecule has 0 amide bonds. The molecule has 3 rings (SSSR count). The first-order valence-corrected chi connectivity index (χ1v) is 9.18. The summed E-state index contributed by atoms with van der Waals surface area (Å²) in [5, 5.41) is 0. The molecular weight excluding hydrogens is 368 g/mol. The lowest BCUT2D eigenvalue weighted by Crippen LogP contribution is -2.23. The lowest BCUT2D eigenvalue weighted by molar-refractivity contribution is 0.0600. The van der Waals surface area contributed by atoms with E-state index in [0.29, 0.717) is 24.5 Å². The Hall–Kier alpha value is -3.54. The third kappa shape index (κ3) is 5.25. The summed E-state index contributed by atoms with van der Waals surface area (Å²) in [6.07, 6.45) is 1.62. The van der Waals surface area contributed by atoms with Gasteiger partial charge in [0.25, 0.3) is 0 Å². The van der Waals surface area contributed by atoms with Gasteiger partial charge in [-0.3, -0.25) is 0 Å². The molecule has 0 saturated carbocycles. The minimum atomic E-state index is -0.387. The molecule has 6 nitrogen and oxygen atoms in total. The smallest absolute Gasteiger partial charge is 0.338 e. The van der Waals surface area contributed by atoms with E-state index in [-0.39, 0.29) is 5.97 Å². The van der Waals surface area contributed by atoms with E-state index in [1.807, 2.05) is 48.5 Å². The molecule has 0 N–H and O–H groups in total. The van der Waals surface area contributed by atoms with Crippen LogP contribution in [0.25, 0.3) is 0 Å². The van der Waals surface area contributed by atoms with Crippen molar-refractivity contribution in [3.05, 3.63) is 83.6 Å². The van der Waals surface area contributed by atoms with Crippen molar-refractivity contribution >= 4 is 11.8 Å². The molecule has 0 atom stereocenters. The maximum absolute atomic E-state index is 11.9. The van der Waals surface area contributed by atoms with Crippen LogP contribution in [0, 0.1) is 0 Å². The lowest BCUT2D eigenvalue weighted by Gasteiger charge is -2.24. The number of esters is 1. The third-order valence-electron chi connectivity index (χ3n) is 4.56. The average molecular weight is 392 g/mol. The van der Waals surface area contributed by atoms with E-state index >= 15 is 0 Å². The quantitative estimate of drug-likeness (QED) is 0.538. The molecule has 0 bridgehead atoms. The van der Waals surface area contributed by atoms with E-state index in [1.165, 1.54) is 7.11 Å². The molecule has 1 aromatic heterocycles. The maximum atomic E-state index is 11.9. The van der Waals surface area contributed by atoms with Crippen LogP contribution in [0.1, 0.15) is 21.5 Å². The largest absolute Gasteiger partial charge is 0.497 e. The summed E-state index contributed by atoms with van der Waals surface area (Å²) >= 11 is 0. The van der Waals surface area contributed by atoms with Crippen molar-refractivity contribution in [2.24, 2.45) is 0 Å². The molecule has 29 heavy (non-hydrogen) atoms. The van der Waals surface area contributed by atoms with Crippen LogP contribution in [0.3, 0.4) is 0 Å². The number of pyridine rings is 1. The first-order chi connectivity index (χ1) is 14.1. The zero-order chi connectivity index (χ0) is 20.6. The Balaban J connectivity index is 1.90. The van der Waals surface area contributed by atoms with Gasteiger partial charge in [0, 0.05) is 19.3 Å². The van der Waals surface area contributed by atoms with Crippen LogP contribution in [-0.2, 0) is 17.8 Å². The SMILES string of the molecule is COC(=O)c1ccnc(N(Cc2ccc(OC)cc2)Cc2ccc(OC)cc2)c1. The summed E-state index contributed by atoms with van der Waals surface area (Å²) < 4.78 is 15.3. The van der Waals surface area contributed by atoms with Gasteiger partial charge in [-0.1, -0.05) is 24.3 Å². The summed E-state index contributed by atoms with van der Waals surface area (Å²) in [7, 11) is 4.66. The van der Waals surface area contributed by atoms with Crippen LogP contribution < -0.4 is 14.4 Å². The molecule has 0 spiro atoms. The number of ether oxygens (including phenoxy) is 3. The van der Waals surface area contributed by atoms with E-state index in [0.717, 1.165) is 22.6 Å². The fourth-order valence-electron chi connectivity index (χ4n) is 2.96. The van der Waals surface area contributed by atoms with E-state index in [1.54, 1.807) is 32.5 Å². The van der Waals surface area contributed by atoms with E-state index in [9.17, 15) is 4.79 Å². The molecule has 0 fully saturated rings. The first-order valence-electron chi connectivity index (χ1n) is 9.18. The number of aromatic nitrogens is 1. The number of benzene rings is 2. The van der Waals surface area contributed by atoms with E-state index < -0.39 is 0 Å². The van der Waals surface area contributed by atoms with Crippen molar-refractivity contribution in [2.75, 3.05) is 26.2 Å². The second-order valence-corrected chi connectivity index (χ2v) is 6.45. The molecule has 0 aliphatic carbocycles. The molecule has 0 saturated heterocycles. The predicted octanol–water partition coefficient (Wildman–Crippen LogP) is 4.09. The monoisotopic (exact) mass is 392 g/mol. The zero-order valence-electron chi connectivity index (χ0n) is 16.8. The number of nitrogens with zero attached hydrogens (tertiary/aromatic N) is 2. The number of methoxy groups -OCH3 is 3. The van der Waals surface area contributed by atoms with Crippen LogP contribution in [-0.4, -0.2) is 32.3 Å². The molecule has 0 aliphatic rings. The zero-order valence-corrected chi connectivity index (χ0v) is 16.8. The number of hydrogen-bond donors (Lipinski definition) is 0. The molecule has 2 aromatic carbocycles. The second-order valence-electron chi connectivity index (χ2n) is 6.45. The summed E-state index contributed by atoms with van der Waals surface area (Å²) in [4.78, 5) is 18.5. The Morgan fingerprint density at radius 2 is 1.34 bits per heavy atom. The number of carbonyl (C=O) groups is 1. The summed E-state index contributed by atoms with van der Waals surface area (Å²) in [6, 6.07) is 19.2.